The summed E-state index contributed by atoms with van der Waals surface area (Å²) in [5, 5.41) is 12.8. The van der Waals surface area contributed by atoms with E-state index in [4.69, 9.17) is 0 Å². The van der Waals surface area contributed by atoms with Gasteiger partial charge in [-0.25, -0.2) is 9.97 Å². The second kappa shape index (κ2) is 6.65. The predicted molar refractivity (Wildman–Crippen MR) is 107 cm³/mol. The SMILES string of the molecule is N#Cc1c(CN2CCN(c3ncnc4sccc34)CC2)cn2ccccc12. The molecule has 27 heavy (non-hydrogen) atoms. The fourth-order valence-electron chi connectivity index (χ4n) is 3.81. The first-order valence-corrected chi connectivity index (χ1v) is 9.85. The summed E-state index contributed by atoms with van der Waals surface area (Å²) in [6.45, 7) is 4.56. The van der Waals surface area contributed by atoms with E-state index in [0.29, 0.717) is 0 Å². The second-order valence-corrected chi connectivity index (χ2v) is 7.63. The van der Waals surface area contributed by atoms with Gasteiger partial charge in [0.15, 0.2) is 0 Å². The molecule has 1 aliphatic rings. The molecule has 0 N–H and O–H groups in total. The topological polar surface area (TPSA) is 60.5 Å². The first-order valence-electron chi connectivity index (χ1n) is 8.97. The Labute approximate surface area is 160 Å². The molecule has 1 fully saturated rings. The maximum atomic E-state index is 9.60. The summed E-state index contributed by atoms with van der Waals surface area (Å²) in [4.78, 5) is 14.7. The van der Waals surface area contributed by atoms with Crippen LogP contribution in [0.2, 0.25) is 0 Å². The Morgan fingerprint density at radius 3 is 2.85 bits per heavy atom. The maximum Gasteiger partial charge on any atom is 0.140 e. The van der Waals surface area contributed by atoms with Gasteiger partial charge in [0.2, 0.25) is 0 Å². The van der Waals surface area contributed by atoms with Gasteiger partial charge in [0, 0.05) is 50.7 Å². The normalized spacial score (nSPS) is 15.4. The molecule has 0 atom stereocenters. The van der Waals surface area contributed by atoms with Crippen LogP contribution in [-0.4, -0.2) is 45.4 Å². The first kappa shape index (κ1) is 16.2. The first-order chi connectivity index (χ1) is 13.3. The molecule has 4 aromatic heterocycles. The molecule has 0 amide bonds. The Balaban J connectivity index is 1.33. The van der Waals surface area contributed by atoms with Gasteiger partial charge in [-0.15, -0.1) is 11.3 Å². The van der Waals surface area contributed by atoms with Crippen molar-refractivity contribution in [2.75, 3.05) is 31.1 Å². The van der Waals surface area contributed by atoms with Gasteiger partial charge in [0.25, 0.3) is 0 Å². The molecule has 5 heterocycles. The third-order valence-electron chi connectivity index (χ3n) is 5.18. The zero-order chi connectivity index (χ0) is 18.2. The number of anilines is 1. The van der Waals surface area contributed by atoms with Crippen molar-refractivity contribution in [3.05, 3.63) is 59.5 Å². The molecule has 1 saturated heterocycles. The number of rotatable bonds is 3. The Kier molecular flexibility index (Phi) is 4.00. The van der Waals surface area contributed by atoms with E-state index in [1.54, 1.807) is 17.7 Å². The highest BCUT2D eigenvalue weighted by atomic mass is 32.1. The van der Waals surface area contributed by atoms with Crippen LogP contribution in [0.1, 0.15) is 11.1 Å². The highest BCUT2D eigenvalue weighted by Gasteiger charge is 2.22. The average molecular weight is 374 g/mol. The highest BCUT2D eigenvalue weighted by molar-refractivity contribution is 7.16. The van der Waals surface area contributed by atoms with Gasteiger partial charge in [-0.05, 0) is 23.6 Å². The standard InChI is InChI=1S/C20H18N6S/c21-11-17-15(13-26-5-2-1-3-18(17)26)12-24-6-8-25(9-7-24)19-16-4-10-27-20(16)23-14-22-19/h1-5,10,13-14H,6-9,12H2. The van der Waals surface area contributed by atoms with E-state index < -0.39 is 0 Å². The molecule has 0 unspecified atom stereocenters. The van der Waals surface area contributed by atoms with Crippen LogP contribution in [0.25, 0.3) is 15.7 Å². The molecule has 0 aromatic carbocycles. The van der Waals surface area contributed by atoms with Gasteiger partial charge < -0.3 is 9.30 Å². The summed E-state index contributed by atoms with van der Waals surface area (Å²) in [5.41, 5.74) is 2.86. The lowest BCUT2D eigenvalue weighted by Crippen LogP contribution is -2.46. The monoisotopic (exact) mass is 374 g/mol. The zero-order valence-electron chi connectivity index (χ0n) is 14.7. The van der Waals surface area contributed by atoms with Crippen molar-refractivity contribution in [1.29, 1.82) is 5.26 Å². The van der Waals surface area contributed by atoms with Gasteiger partial charge in [0.1, 0.15) is 23.0 Å². The number of hydrogen-bond donors (Lipinski definition) is 0. The molecule has 0 saturated carbocycles. The molecule has 4 aromatic rings. The van der Waals surface area contributed by atoms with Crippen LogP contribution in [0.5, 0.6) is 0 Å². The van der Waals surface area contributed by atoms with E-state index in [9.17, 15) is 5.26 Å². The molecule has 134 valence electrons. The summed E-state index contributed by atoms with van der Waals surface area (Å²) in [7, 11) is 0. The van der Waals surface area contributed by atoms with E-state index in [2.05, 4.69) is 43.5 Å². The van der Waals surface area contributed by atoms with Crippen LogP contribution in [0.3, 0.4) is 0 Å². The number of piperazine rings is 1. The van der Waals surface area contributed by atoms with Gasteiger partial charge in [-0.3, -0.25) is 4.90 Å². The number of fused-ring (bicyclic) bond motifs is 2. The highest BCUT2D eigenvalue weighted by Crippen LogP contribution is 2.28. The molecule has 0 radical (unpaired) electrons. The minimum atomic E-state index is 0.786. The minimum absolute atomic E-state index is 0.786. The maximum absolute atomic E-state index is 9.60. The van der Waals surface area contributed by atoms with Crippen LogP contribution < -0.4 is 4.90 Å². The largest absolute Gasteiger partial charge is 0.353 e. The quantitative estimate of drug-likeness (QED) is 0.551. The molecular formula is C20H18N6S. The van der Waals surface area contributed by atoms with Crippen molar-refractivity contribution < 1.29 is 0 Å². The van der Waals surface area contributed by atoms with E-state index in [-0.39, 0.29) is 0 Å². The lowest BCUT2D eigenvalue weighted by Gasteiger charge is -2.35. The van der Waals surface area contributed by atoms with Crippen LogP contribution in [0.15, 0.2) is 48.4 Å². The number of nitrogens with zero attached hydrogens (tertiary/aromatic N) is 6. The number of nitriles is 1. The summed E-state index contributed by atoms with van der Waals surface area (Å²) >= 11 is 1.65. The molecule has 1 aliphatic heterocycles. The predicted octanol–water partition coefficient (Wildman–Crippen LogP) is 3.14. The van der Waals surface area contributed by atoms with E-state index in [1.165, 1.54) is 0 Å². The molecule has 7 heteroatoms. The summed E-state index contributed by atoms with van der Waals surface area (Å²) < 4.78 is 2.04. The molecule has 6 nitrogen and oxygen atoms in total. The molecule has 0 spiro atoms. The van der Waals surface area contributed by atoms with Crippen molar-refractivity contribution in [2.45, 2.75) is 6.54 Å². The van der Waals surface area contributed by atoms with Crippen LogP contribution in [-0.2, 0) is 6.54 Å². The lowest BCUT2D eigenvalue weighted by atomic mass is 10.1. The van der Waals surface area contributed by atoms with Crippen LogP contribution >= 0.6 is 11.3 Å². The number of aromatic nitrogens is 3. The lowest BCUT2D eigenvalue weighted by molar-refractivity contribution is 0.249. The second-order valence-electron chi connectivity index (χ2n) is 6.73. The van der Waals surface area contributed by atoms with Gasteiger partial charge in [0.05, 0.1) is 16.5 Å². The van der Waals surface area contributed by atoms with Crippen LogP contribution in [0.4, 0.5) is 5.82 Å². The number of thiophene rings is 1. The molecular weight excluding hydrogens is 356 g/mol. The third-order valence-corrected chi connectivity index (χ3v) is 6.00. The fraction of sp³-hybridized carbons (Fsp3) is 0.250. The van der Waals surface area contributed by atoms with Crippen LogP contribution in [0, 0.1) is 11.3 Å². The number of hydrogen-bond acceptors (Lipinski definition) is 6. The average Bonchev–Trinajstić information content (AvgIpc) is 3.32. The summed E-state index contributed by atoms with van der Waals surface area (Å²) in [5.74, 6) is 1.04. The molecule has 5 rings (SSSR count). The Morgan fingerprint density at radius 1 is 1.11 bits per heavy atom. The van der Waals surface area contributed by atoms with Crippen molar-refractivity contribution >= 4 is 32.9 Å². The van der Waals surface area contributed by atoms with Crippen molar-refractivity contribution in [2.24, 2.45) is 0 Å². The molecule has 0 bridgehead atoms. The Morgan fingerprint density at radius 2 is 2.00 bits per heavy atom. The van der Waals surface area contributed by atoms with Gasteiger partial charge in [-0.1, -0.05) is 6.07 Å². The fourth-order valence-corrected chi connectivity index (χ4v) is 4.54. The van der Waals surface area contributed by atoms with Crippen molar-refractivity contribution in [3.63, 3.8) is 0 Å². The van der Waals surface area contributed by atoms with E-state index in [1.807, 2.05) is 28.8 Å². The summed E-state index contributed by atoms with van der Waals surface area (Å²) in [6.07, 6.45) is 5.74. The Bertz CT molecular complexity index is 1150. The summed E-state index contributed by atoms with van der Waals surface area (Å²) in [6, 6.07) is 10.5. The van der Waals surface area contributed by atoms with Crippen molar-refractivity contribution in [3.8, 4) is 6.07 Å². The van der Waals surface area contributed by atoms with Gasteiger partial charge >= 0.3 is 0 Å². The van der Waals surface area contributed by atoms with E-state index in [0.717, 1.165) is 65.4 Å². The van der Waals surface area contributed by atoms with E-state index >= 15 is 0 Å². The minimum Gasteiger partial charge on any atom is -0.353 e. The molecule has 0 aliphatic carbocycles. The smallest absolute Gasteiger partial charge is 0.140 e. The van der Waals surface area contributed by atoms with Crippen molar-refractivity contribution in [1.82, 2.24) is 19.3 Å². The third kappa shape index (κ3) is 2.83. The van der Waals surface area contributed by atoms with Gasteiger partial charge in [-0.2, -0.15) is 5.26 Å². The Hall–Kier alpha value is -2.95. The number of pyridine rings is 1. The zero-order valence-corrected chi connectivity index (χ0v) is 15.6.